The second-order valence-electron chi connectivity index (χ2n) is 7.08. The van der Waals surface area contributed by atoms with Crippen molar-refractivity contribution < 1.29 is 23.4 Å². The Bertz CT molecular complexity index is 1180. The van der Waals surface area contributed by atoms with E-state index in [0.717, 1.165) is 10.6 Å². The van der Waals surface area contributed by atoms with Gasteiger partial charge in [-0.3, -0.25) is 4.79 Å². The van der Waals surface area contributed by atoms with Crippen LogP contribution in [-0.4, -0.2) is 20.9 Å². The van der Waals surface area contributed by atoms with Crippen LogP contribution in [0.5, 0.6) is 5.75 Å². The van der Waals surface area contributed by atoms with Gasteiger partial charge in [-0.05, 0) is 48.0 Å². The third kappa shape index (κ3) is 5.60. The van der Waals surface area contributed by atoms with Crippen molar-refractivity contribution in [2.24, 2.45) is 0 Å². The molecule has 4 aromatic rings. The van der Waals surface area contributed by atoms with E-state index in [9.17, 15) is 9.18 Å². The molecule has 8 heteroatoms. The van der Waals surface area contributed by atoms with Crippen LogP contribution in [0.3, 0.4) is 0 Å². The van der Waals surface area contributed by atoms with E-state index in [0.29, 0.717) is 23.7 Å². The molecule has 2 aromatic carbocycles. The highest BCUT2D eigenvalue weighted by atomic mass is 32.1. The lowest BCUT2D eigenvalue weighted by atomic mass is 10.1. The summed E-state index contributed by atoms with van der Waals surface area (Å²) in [5, 5.41) is 11.7. The number of amides is 1. The highest BCUT2D eigenvalue weighted by Crippen LogP contribution is 2.20. The Morgan fingerprint density at radius 2 is 2.00 bits per heavy atom. The second-order valence-corrected chi connectivity index (χ2v) is 8.02. The fourth-order valence-corrected chi connectivity index (χ4v) is 3.88. The highest BCUT2D eigenvalue weighted by molar-refractivity contribution is 7.09. The van der Waals surface area contributed by atoms with Gasteiger partial charge in [0.05, 0.1) is 25.1 Å². The first-order valence-electron chi connectivity index (χ1n) is 9.94. The zero-order valence-electron chi connectivity index (χ0n) is 17.1. The smallest absolute Gasteiger partial charge is 0.254 e. The summed E-state index contributed by atoms with van der Waals surface area (Å²) in [6.45, 7) is 0.721. The number of hydrogen-bond acceptors (Lipinski definition) is 6. The lowest BCUT2D eigenvalue weighted by Crippen LogP contribution is -2.30. The number of aromatic nitrogens is 1. The number of nitrogens with zero attached hydrogens (tertiary/aromatic N) is 2. The molecule has 0 fully saturated rings. The van der Waals surface area contributed by atoms with Crippen LogP contribution in [0, 0.1) is 5.82 Å². The van der Waals surface area contributed by atoms with E-state index >= 15 is 0 Å². The number of carbonyl (C=O) groups is 1. The Morgan fingerprint density at radius 1 is 1.12 bits per heavy atom. The molecule has 0 spiro atoms. The summed E-state index contributed by atoms with van der Waals surface area (Å²) >= 11 is 1.42. The number of carbonyl (C=O) groups excluding carboxylic acids is 1. The van der Waals surface area contributed by atoms with Crippen molar-refractivity contribution in [2.45, 2.75) is 26.3 Å². The number of thiazole rings is 1. The van der Waals surface area contributed by atoms with Gasteiger partial charge in [0.2, 0.25) is 0 Å². The minimum Gasteiger partial charge on any atom is -0.486 e. The van der Waals surface area contributed by atoms with E-state index in [1.54, 1.807) is 34.7 Å². The van der Waals surface area contributed by atoms with Crippen LogP contribution >= 0.6 is 11.3 Å². The molecule has 0 aliphatic heterocycles. The molecule has 0 unspecified atom stereocenters. The van der Waals surface area contributed by atoms with Gasteiger partial charge in [-0.2, -0.15) is 0 Å². The van der Waals surface area contributed by atoms with Gasteiger partial charge in [-0.25, -0.2) is 9.37 Å². The molecule has 2 aromatic heterocycles. The summed E-state index contributed by atoms with van der Waals surface area (Å²) in [5.74, 6) is 0.507. The molecule has 6 nitrogen and oxygen atoms in total. The normalized spacial score (nSPS) is 10.8. The molecule has 32 heavy (non-hydrogen) atoms. The molecule has 0 saturated heterocycles. The second kappa shape index (κ2) is 10.2. The quantitative estimate of drug-likeness (QED) is 0.395. The van der Waals surface area contributed by atoms with Crippen LogP contribution in [0.2, 0.25) is 0 Å². The summed E-state index contributed by atoms with van der Waals surface area (Å²) in [6.07, 6.45) is 1.55. The van der Waals surface area contributed by atoms with Crippen LogP contribution in [0.1, 0.15) is 32.4 Å². The topological polar surface area (TPSA) is 75.8 Å². The van der Waals surface area contributed by atoms with Gasteiger partial charge in [0.15, 0.2) is 0 Å². The first-order valence-corrected chi connectivity index (χ1v) is 10.8. The largest absolute Gasteiger partial charge is 0.486 e. The highest BCUT2D eigenvalue weighted by Gasteiger charge is 2.19. The number of rotatable bonds is 9. The minimum absolute atomic E-state index is 0.100. The maximum absolute atomic E-state index is 13.7. The molecule has 1 amide bonds. The minimum atomic E-state index is -0.462. The maximum Gasteiger partial charge on any atom is 0.254 e. The summed E-state index contributed by atoms with van der Waals surface area (Å²) in [6, 6.07) is 16.6. The van der Waals surface area contributed by atoms with Crippen LogP contribution in [0.4, 0.5) is 4.39 Å². The van der Waals surface area contributed by atoms with Crippen molar-refractivity contribution in [3.05, 3.63) is 106 Å². The molecular weight excluding hydrogens is 431 g/mol. The molecule has 4 rings (SSSR count). The van der Waals surface area contributed by atoms with Crippen LogP contribution in [-0.2, 0) is 26.3 Å². The Balaban J connectivity index is 1.49. The fourth-order valence-electron chi connectivity index (χ4n) is 3.18. The lowest BCUT2D eigenvalue weighted by Gasteiger charge is -2.22. The third-order valence-electron chi connectivity index (χ3n) is 4.68. The van der Waals surface area contributed by atoms with Crippen molar-refractivity contribution in [3.63, 3.8) is 0 Å². The number of furan rings is 1. The first-order chi connectivity index (χ1) is 15.6. The SMILES string of the molecule is O=C(c1cccc(F)c1)N(Cc1cccc(OCc2nc(CO)cs2)c1)Cc1ccco1. The molecule has 0 radical (unpaired) electrons. The monoisotopic (exact) mass is 452 g/mol. The Morgan fingerprint density at radius 3 is 2.75 bits per heavy atom. The van der Waals surface area contributed by atoms with Crippen LogP contribution in [0.15, 0.2) is 76.7 Å². The van der Waals surface area contributed by atoms with E-state index in [2.05, 4.69) is 4.98 Å². The van der Waals surface area contributed by atoms with Gasteiger partial charge in [0, 0.05) is 17.5 Å². The summed E-state index contributed by atoms with van der Waals surface area (Å²) in [5.41, 5.74) is 1.74. The predicted octanol–water partition coefficient (Wildman–Crippen LogP) is 4.79. The van der Waals surface area contributed by atoms with E-state index in [1.165, 1.54) is 29.5 Å². The molecular formula is C24H21FN2O4S. The van der Waals surface area contributed by atoms with Crippen molar-refractivity contribution in [1.29, 1.82) is 0 Å². The molecule has 0 bridgehead atoms. The number of benzene rings is 2. The predicted molar refractivity (Wildman–Crippen MR) is 117 cm³/mol. The number of hydrogen-bond donors (Lipinski definition) is 1. The summed E-state index contributed by atoms with van der Waals surface area (Å²) in [4.78, 5) is 19.0. The van der Waals surface area contributed by atoms with Gasteiger partial charge >= 0.3 is 0 Å². The van der Waals surface area contributed by atoms with E-state index in [-0.39, 0.29) is 31.2 Å². The molecule has 0 aliphatic rings. The Kier molecular flexibility index (Phi) is 6.94. The van der Waals surface area contributed by atoms with Crippen LogP contribution in [0.25, 0.3) is 0 Å². The average molecular weight is 453 g/mol. The zero-order chi connectivity index (χ0) is 22.3. The van der Waals surface area contributed by atoms with Crippen LogP contribution < -0.4 is 4.74 Å². The third-order valence-corrected chi connectivity index (χ3v) is 5.55. The molecule has 2 heterocycles. The molecule has 164 valence electrons. The van der Waals surface area contributed by atoms with Gasteiger partial charge in [-0.15, -0.1) is 11.3 Å². The van der Waals surface area contributed by atoms with Gasteiger partial charge in [0.1, 0.15) is 28.9 Å². The number of halogens is 1. The van der Waals surface area contributed by atoms with Crippen molar-refractivity contribution in [3.8, 4) is 5.75 Å². The molecule has 0 atom stereocenters. The van der Waals surface area contributed by atoms with Gasteiger partial charge in [0.25, 0.3) is 5.91 Å². The standard InChI is InChI=1S/C24H21FN2O4S/c25-19-6-2-5-18(11-19)24(29)27(13-22-8-3-9-30-22)12-17-4-1-7-21(10-17)31-15-23-26-20(14-28)16-32-23/h1-11,16,28H,12-15H2. The fraction of sp³-hybridized carbons (Fsp3) is 0.167. The number of ether oxygens (including phenoxy) is 1. The van der Waals surface area contributed by atoms with Crippen molar-refractivity contribution >= 4 is 17.2 Å². The van der Waals surface area contributed by atoms with Crippen molar-refractivity contribution in [2.75, 3.05) is 0 Å². The van der Waals surface area contributed by atoms with E-state index < -0.39 is 5.82 Å². The average Bonchev–Trinajstić information content (AvgIpc) is 3.49. The lowest BCUT2D eigenvalue weighted by molar-refractivity contribution is 0.0717. The Labute approximate surface area is 188 Å². The van der Waals surface area contributed by atoms with E-state index in [1.807, 2.05) is 24.3 Å². The summed E-state index contributed by atoms with van der Waals surface area (Å²) in [7, 11) is 0. The molecule has 0 aliphatic carbocycles. The summed E-state index contributed by atoms with van der Waals surface area (Å²) < 4.78 is 24.9. The Hall–Kier alpha value is -3.49. The molecule has 1 N–H and O–H groups in total. The maximum atomic E-state index is 13.7. The first kappa shape index (κ1) is 21.7. The van der Waals surface area contributed by atoms with E-state index in [4.69, 9.17) is 14.3 Å². The van der Waals surface area contributed by atoms with Gasteiger partial charge < -0.3 is 19.2 Å². The number of aliphatic hydroxyl groups is 1. The van der Waals surface area contributed by atoms with Crippen molar-refractivity contribution in [1.82, 2.24) is 9.88 Å². The van der Waals surface area contributed by atoms with Gasteiger partial charge in [-0.1, -0.05) is 18.2 Å². The zero-order valence-corrected chi connectivity index (χ0v) is 17.9. The molecule has 0 saturated carbocycles. The number of aliphatic hydroxyl groups excluding tert-OH is 1.